The minimum absolute atomic E-state index is 0.101. The van der Waals surface area contributed by atoms with Crippen LogP contribution >= 0.6 is 15.6 Å². The van der Waals surface area contributed by atoms with Gasteiger partial charge < -0.3 is 33.8 Å². The largest absolute Gasteiger partial charge is 0.472 e. The Morgan fingerprint density at radius 3 is 0.705 bits per heavy atom. The molecule has 19 heteroatoms. The zero-order valence-electron chi connectivity index (χ0n) is 57.3. The molecule has 0 aromatic rings. The fraction of sp³-hybridized carbons (Fsp3) is 0.942. The van der Waals surface area contributed by atoms with Crippen LogP contribution in [0.2, 0.25) is 0 Å². The molecular formula is C69H134O17P2. The van der Waals surface area contributed by atoms with Crippen molar-refractivity contribution in [1.82, 2.24) is 0 Å². The van der Waals surface area contributed by atoms with Gasteiger partial charge in [0.05, 0.1) is 26.4 Å². The number of aliphatic hydroxyl groups is 1. The van der Waals surface area contributed by atoms with Gasteiger partial charge in [-0.1, -0.05) is 287 Å². The summed E-state index contributed by atoms with van der Waals surface area (Å²) in [6.45, 7) is 14.0. The number of aliphatic hydroxyl groups excluding tert-OH is 1. The van der Waals surface area contributed by atoms with Crippen molar-refractivity contribution in [2.24, 2.45) is 23.7 Å². The summed E-state index contributed by atoms with van der Waals surface area (Å²) in [4.78, 5) is 72.4. The second-order valence-corrected chi connectivity index (χ2v) is 29.7. The van der Waals surface area contributed by atoms with Crippen molar-refractivity contribution in [3.05, 3.63) is 0 Å². The predicted molar refractivity (Wildman–Crippen MR) is 354 cm³/mol. The summed E-state index contributed by atoms with van der Waals surface area (Å²) < 4.78 is 68.2. The van der Waals surface area contributed by atoms with Crippen LogP contribution < -0.4 is 0 Å². The number of rotatable bonds is 66. The van der Waals surface area contributed by atoms with E-state index in [0.29, 0.717) is 37.5 Å². The molecule has 0 aliphatic carbocycles. The quantitative estimate of drug-likeness (QED) is 0.0222. The van der Waals surface area contributed by atoms with Crippen LogP contribution in [0, 0.1) is 23.7 Å². The summed E-state index contributed by atoms with van der Waals surface area (Å²) in [6.07, 6.45) is 40.6. The van der Waals surface area contributed by atoms with Crippen molar-refractivity contribution in [2.75, 3.05) is 39.6 Å². The summed E-state index contributed by atoms with van der Waals surface area (Å²) in [7, 11) is -9.90. The molecule has 0 aromatic carbocycles. The van der Waals surface area contributed by atoms with E-state index in [2.05, 4.69) is 55.4 Å². The smallest absolute Gasteiger partial charge is 0.462 e. The number of carbonyl (C=O) groups is 4. The van der Waals surface area contributed by atoms with Gasteiger partial charge >= 0.3 is 39.5 Å². The number of esters is 4. The number of unbranched alkanes of at least 4 members (excludes halogenated alkanes) is 32. The first kappa shape index (κ1) is 86.1. The van der Waals surface area contributed by atoms with E-state index in [0.717, 1.165) is 108 Å². The Labute approximate surface area is 537 Å². The van der Waals surface area contributed by atoms with Crippen molar-refractivity contribution < 1.29 is 80.2 Å². The van der Waals surface area contributed by atoms with E-state index in [-0.39, 0.29) is 25.7 Å². The van der Waals surface area contributed by atoms with Crippen molar-refractivity contribution in [3.8, 4) is 0 Å². The van der Waals surface area contributed by atoms with Crippen LogP contribution in [0.1, 0.15) is 338 Å². The van der Waals surface area contributed by atoms with E-state index in [4.69, 9.17) is 37.0 Å². The van der Waals surface area contributed by atoms with E-state index in [1.54, 1.807) is 0 Å². The maximum absolute atomic E-state index is 13.0. The van der Waals surface area contributed by atoms with Crippen molar-refractivity contribution in [3.63, 3.8) is 0 Å². The van der Waals surface area contributed by atoms with E-state index in [9.17, 15) is 43.2 Å². The Balaban J connectivity index is 5.23. The van der Waals surface area contributed by atoms with E-state index in [1.165, 1.54) is 135 Å². The third-order valence-electron chi connectivity index (χ3n) is 15.8. The van der Waals surface area contributed by atoms with Crippen LogP contribution in [-0.2, 0) is 65.4 Å². The third kappa shape index (κ3) is 62.8. The van der Waals surface area contributed by atoms with Gasteiger partial charge in [0.2, 0.25) is 0 Å². The Bertz CT molecular complexity index is 1750. The number of phosphoric ester groups is 2. The summed E-state index contributed by atoms with van der Waals surface area (Å²) in [6, 6.07) is 0. The molecule has 3 N–H and O–H groups in total. The van der Waals surface area contributed by atoms with Gasteiger partial charge in [-0.25, -0.2) is 9.13 Å². The SMILES string of the molecule is CC(C)CCCCCCCCCCCCCCC(=O)OC[C@H](COP(=O)(O)OCC(O)COP(=O)(O)OC[C@@H](COC(=O)CCCCCCCCCC(C)C)OC(=O)CCCCCCCCC(C)C)OC(=O)CCCCCCCCCCCCCC(C)C. The van der Waals surface area contributed by atoms with Crippen molar-refractivity contribution in [1.29, 1.82) is 0 Å². The summed E-state index contributed by atoms with van der Waals surface area (Å²) in [5, 5.41) is 10.6. The molecule has 0 aliphatic heterocycles. The van der Waals surface area contributed by atoms with Crippen LogP contribution in [0.4, 0.5) is 0 Å². The highest BCUT2D eigenvalue weighted by molar-refractivity contribution is 7.47. The molecule has 522 valence electrons. The van der Waals surface area contributed by atoms with Gasteiger partial charge in [-0.05, 0) is 49.4 Å². The number of phosphoric acid groups is 2. The van der Waals surface area contributed by atoms with Crippen LogP contribution in [0.25, 0.3) is 0 Å². The normalized spacial score (nSPS) is 14.3. The first-order valence-electron chi connectivity index (χ1n) is 35.7. The van der Waals surface area contributed by atoms with Gasteiger partial charge in [0, 0.05) is 25.7 Å². The molecule has 17 nitrogen and oxygen atoms in total. The monoisotopic (exact) mass is 1300 g/mol. The lowest BCUT2D eigenvalue weighted by atomic mass is 10.0. The molecular weight excluding hydrogens is 1160 g/mol. The Kier molecular flexibility index (Phi) is 57.6. The number of carbonyl (C=O) groups excluding carboxylic acids is 4. The molecule has 0 amide bonds. The first-order chi connectivity index (χ1) is 42.1. The maximum Gasteiger partial charge on any atom is 0.472 e. The van der Waals surface area contributed by atoms with Crippen LogP contribution in [0.5, 0.6) is 0 Å². The highest BCUT2D eigenvalue weighted by atomic mass is 31.2. The topological polar surface area (TPSA) is 237 Å². The first-order valence-corrected chi connectivity index (χ1v) is 38.7. The van der Waals surface area contributed by atoms with Gasteiger partial charge in [-0.2, -0.15) is 0 Å². The molecule has 0 rings (SSSR count). The number of hydrogen-bond acceptors (Lipinski definition) is 15. The molecule has 0 spiro atoms. The Morgan fingerprint density at radius 2 is 0.477 bits per heavy atom. The minimum atomic E-state index is -4.95. The van der Waals surface area contributed by atoms with Crippen LogP contribution in [0.3, 0.4) is 0 Å². The average molecular weight is 1300 g/mol. The minimum Gasteiger partial charge on any atom is -0.462 e. The predicted octanol–water partition coefficient (Wildman–Crippen LogP) is 19.3. The molecule has 0 radical (unpaired) electrons. The lowest BCUT2D eigenvalue weighted by Crippen LogP contribution is -2.30. The molecule has 0 aromatic heterocycles. The molecule has 5 atom stereocenters. The fourth-order valence-corrected chi connectivity index (χ4v) is 11.9. The maximum atomic E-state index is 13.0. The molecule has 0 bridgehead atoms. The number of ether oxygens (including phenoxy) is 4. The van der Waals surface area contributed by atoms with Gasteiger partial charge in [0.1, 0.15) is 19.3 Å². The third-order valence-corrected chi connectivity index (χ3v) is 17.7. The van der Waals surface area contributed by atoms with Crippen molar-refractivity contribution >= 4 is 39.5 Å². The fourth-order valence-electron chi connectivity index (χ4n) is 10.3. The molecule has 0 saturated carbocycles. The second kappa shape index (κ2) is 58.8. The van der Waals surface area contributed by atoms with E-state index < -0.39 is 97.5 Å². The average Bonchev–Trinajstić information content (AvgIpc) is 3.40. The Hall–Kier alpha value is -1.94. The zero-order valence-corrected chi connectivity index (χ0v) is 59.1. The molecule has 88 heavy (non-hydrogen) atoms. The molecule has 3 unspecified atom stereocenters. The van der Waals surface area contributed by atoms with Gasteiger partial charge in [0.25, 0.3) is 0 Å². The second-order valence-electron chi connectivity index (χ2n) is 26.8. The summed E-state index contributed by atoms with van der Waals surface area (Å²) in [5.41, 5.74) is 0. The Morgan fingerprint density at radius 1 is 0.284 bits per heavy atom. The zero-order chi connectivity index (χ0) is 65.4. The lowest BCUT2D eigenvalue weighted by molar-refractivity contribution is -0.161. The molecule has 0 aliphatic rings. The highest BCUT2D eigenvalue weighted by Gasteiger charge is 2.30. The summed E-state index contributed by atoms with van der Waals surface area (Å²) >= 11 is 0. The van der Waals surface area contributed by atoms with Gasteiger partial charge in [-0.15, -0.1) is 0 Å². The van der Waals surface area contributed by atoms with Gasteiger partial charge in [-0.3, -0.25) is 37.3 Å². The summed E-state index contributed by atoms with van der Waals surface area (Å²) in [5.74, 6) is 0.786. The van der Waals surface area contributed by atoms with Crippen LogP contribution in [-0.4, -0.2) is 96.7 Å². The van der Waals surface area contributed by atoms with E-state index in [1.807, 2.05) is 0 Å². The van der Waals surface area contributed by atoms with Gasteiger partial charge in [0.15, 0.2) is 12.2 Å². The molecule has 0 saturated heterocycles. The number of hydrogen-bond donors (Lipinski definition) is 3. The molecule has 0 fully saturated rings. The molecule has 0 heterocycles. The van der Waals surface area contributed by atoms with Crippen molar-refractivity contribution in [2.45, 2.75) is 356 Å². The van der Waals surface area contributed by atoms with Crippen LogP contribution in [0.15, 0.2) is 0 Å². The lowest BCUT2D eigenvalue weighted by Gasteiger charge is -2.21. The van der Waals surface area contributed by atoms with E-state index >= 15 is 0 Å². The standard InChI is InChI=1S/C69H134O17P2/c1-59(2)45-37-29-21-16-12-9-10-14-18-24-33-41-49-66(71)79-55-64(85-68(73)51-43-35-25-19-15-11-13-17-22-30-38-46-60(3)4)57-83-87(75,76)81-53-63(70)54-82-88(77,78)84-58-65(86-69(74)52-44-36-28-27-32-40-48-62(7)8)56-80-67(72)50-42-34-26-20-23-31-39-47-61(5)6/h59-65,70H,9-58H2,1-8H3,(H,75,76)(H,77,78)/t63?,64-,65-/m1/s1. The highest BCUT2D eigenvalue weighted by Crippen LogP contribution is 2.45.